The molecule has 2 nitrogen and oxygen atoms in total. The predicted molar refractivity (Wildman–Crippen MR) is 110 cm³/mol. The van der Waals surface area contributed by atoms with Gasteiger partial charge < -0.3 is 42.9 Å². The first-order chi connectivity index (χ1) is 11.3. The molecule has 0 atom stereocenters. The molecular formula is C22H50Br2N2. The van der Waals surface area contributed by atoms with Crippen LogP contribution < -0.4 is 34.0 Å². The average Bonchev–Trinajstić information content (AvgIpc) is 2.52. The van der Waals surface area contributed by atoms with E-state index in [2.05, 4.69) is 42.0 Å². The fourth-order valence-corrected chi connectivity index (χ4v) is 3.41. The van der Waals surface area contributed by atoms with E-state index in [1.54, 1.807) is 0 Å². The van der Waals surface area contributed by atoms with Gasteiger partial charge in [-0.3, -0.25) is 0 Å². The third-order valence-electron chi connectivity index (χ3n) is 5.54. The van der Waals surface area contributed by atoms with Crippen LogP contribution in [0.5, 0.6) is 0 Å². The summed E-state index contributed by atoms with van der Waals surface area (Å²) in [4.78, 5) is 0. The highest BCUT2D eigenvalue weighted by atomic mass is 79.9. The van der Waals surface area contributed by atoms with E-state index in [4.69, 9.17) is 0 Å². The Labute approximate surface area is 187 Å². The van der Waals surface area contributed by atoms with Crippen LogP contribution in [0.2, 0.25) is 0 Å². The van der Waals surface area contributed by atoms with E-state index in [1.807, 2.05) is 0 Å². The van der Waals surface area contributed by atoms with E-state index in [0.29, 0.717) is 0 Å². The number of unbranched alkanes of at least 4 members (excludes halogenated alkanes) is 10. The predicted octanol–water partition coefficient (Wildman–Crippen LogP) is -0.132. The number of halogens is 2. The number of nitrogens with zero attached hydrogens (tertiary/aromatic N) is 2. The van der Waals surface area contributed by atoms with Gasteiger partial charge in [0.05, 0.1) is 41.3 Å². The molecule has 0 radical (unpaired) electrons. The third-order valence-corrected chi connectivity index (χ3v) is 5.54. The molecule has 0 aliphatic rings. The lowest BCUT2D eigenvalue weighted by atomic mass is 10.1. The minimum Gasteiger partial charge on any atom is -1.00 e. The zero-order chi connectivity index (χ0) is 18.3. The number of likely N-dealkylation sites (N-methyl/N-ethyl adjacent to an activating group) is 2. The van der Waals surface area contributed by atoms with Crippen molar-refractivity contribution >= 4 is 0 Å². The Morgan fingerprint density at radius 2 is 0.654 bits per heavy atom. The van der Waals surface area contributed by atoms with E-state index in [1.165, 1.54) is 112 Å². The first-order valence-electron chi connectivity index (χ1n) is 11.0. The highest BCUT2D eigenvalue weighted by Crippen LogP contribution is 2.11. The minimum absolute atomic E-state index is 0. The molecule has 0 aliphatic heterocycles. The summed E-state index contributed by atoms with van der Waals surface area (Å²) in [5.41, 5.74) is 0. The van der Waals surface area contributed by atoms with Crippen molar-refractivity contribution in [1.29, 1.82) is 0 Å². The van der Waals surface area contributed by atoms with Crippen molar-refractivity contribution in [2.75, 3.05) is 54.4 Å². The first kappa shape index (κ1) is 31.6. The van der Waals surface area contributed by atoms with Gasteiger partial charge >= 0.3 is 0 Å². The molecule has 0 fully saturated rings. The van der Waals surface area contributed by atoms with Crippen LogP contribution in [-0.2, 0) is 0 Å². The standard InChI is InChI=1S/C22H50N2.2BrH/c1-7-9-11-13-15-17-19-23(3,4)21-22-24(5,6)20-18-16-14-12-10-8-2;;/h7-22H2,1-6H3;2*1H/q+2;;/p-2. The lowest BCUT2D eigenvalue weighted by molar-refractivity contribution is -0.946. The maximum Gasteiger partial charge on any atom is 0.128 e. The van der Waals surface area contributed by atoms with E-state index < -0.39 is 0 Å². The molecule has 0 unspecified atom stereocenters. The summed E-state index contributed by atoms with van der Waals surface area (Å²) in [6.07, 6.45) is 17.0. The Kier molecular flexibility index (Phi) is 23.3. The topological polar surface area (TPSA) is 0 Å². The Balaban J connectivity index is -0.00000264. The molecule has 0 rings (SSSR count). The van der Waals surface area contributed by atoms with Crippen LogP contribution in [0.1, 0.15) is 90.9 Å². The van der Waals surface area contributed by atoms with E-state index >= 15 is 0 Å². The largest absolute Gasteiger partial charge is 1.00 e. The molecule has 0 aliphatic carbocycles. The Morgan fingerprint density at radius 3 is 0.962 bits per heavy atom. The summed E-state index contributed by atoms with van der Waals surface area (Å²) in [5, 5.41) is 0. The van der Waals surface area contributed by atoms with Crippen LogP contribution >= 0.6 is 0 Å². The van der Waals surface area contributed by atoms with Crippen LogP contribution in [0.4, 0.5) is 0 Å². The van der Waals surface area contributed by atoms with Gasteiger partial charge in [-0.1, -0.05) is 65.2 Å². The first-order valence-corrected chi connectivity index (χ1v) is 11.0. The Morgan fingerprint density at radius 1 is 0.385 bits per heavy atom. The quantitative estimate of drug-likeness (QED) is 0.192. The van der Waals surface area contributed by atoms with Crippen LogP contribution in [0.15, 0.2) is 0 Å². The molecule has 0 saturated heterocycles. The summed E-state index contributed by atoms with van der Waals surface area (Å²) < 4.78 is 2.40. The molecule has 0 amide bonds. The molecule has 0 aromatic rings. The van der Waals surface area contributed by atoms with Gasteiger partial charge in [0.25, 0.3) is 0 Å². The summed E-state index contributed by atoms with van der Waals surface area (Å²) in [6, 6.07) is 0. The monoisotopic (exact) mass is 500 g/mol. The second kappa shape index (κ2) is 19.2. The lowest BCUT2D eigenvalue weighted by Crippen LogP contribution is -3.00. The highest BCUT2D eigenvalue weighted by molar-refractivity contribution is 4.46. The maximum atomic E-state index is 2.43. The lowest BCUT2D eigenvalue weighted by Gasteiger charge is -2.36. The second-order valence-corrected chi connectivity index (χ2v) is 9.30. The molecule has 0 N–H and O–H groups in total. The highest BCUT2D eigenvalue weighted by Gasteiger charge is 2.22. The number of hydrogen-bond acceptors (Lipinski definition) is 0. The molecule has 26 heavy (non-hydrogen) atoms. The fourth-order valence-electron chi connectivity index (χ4n) is 3.41. The van der Waals surface area contributed by atoms with Crippen LogP contribution in [0.25, 0.3) is 0 Å². The molecule has 4 heteroatoms. The molecule has 0 spiro atoms. The van der Waals surface area contributed by atoms with Crippen molar-refractivity contribution in [1.82, 2.24) is 0 Å². The molecule has 0 bridgehead atoms. The van der Waals surface area contributed by atoms with Gasteiger partial charge in [-0.15, -0.1) is 0 Å². The van der Waals surface area contributed by atoms with Crippen LogP contribution in [-0.4, -0.2) is 63.3 Å². The van der Waals surface area contributed by atoms with Gasteiger partial charge in [0.2, 0.25) is 0 Å². The fraction of sp³-hybridized carbons (Fsp3) is 1.00. The van der Waals surface area contributed by atoms with Gasteiger partial charge in [0.1, 0.15) is 13.1 Å². The minimum atomic E-state index is 0. The van der Waals surface area contributed by atoms with Gasteiger partial charge in [0.15, 0.2) is 0 Å². The molecule has 0 saturated carbocycles. The van der Waals surface area contributed by atoms with Gasteiger partial charge in [-0.25, -0.2) is 0 Å². The third kappa shape index (κ3) is 21.2. The Bertz CT molecular complexity index is 253. The summed E-state index contributed by atoms with van der Waals surface area (Å²) >= 11 is 0. The van der Waals surface area contributed by atoms with Crippen molar-refractivity contribution < 1.29 is 42.9 Å². The summed E-state index contributed by atoms with van der Waals surface area (Å²) in [7, 11) is 9.71. The van der Waals surface area contributed by atoms with Crippen LogP contribution in [0.3, 0.4) is 0 Å². The average molecular weight is 502 g/mol. The molecule has 162 valence electrons. The Hall–Kier alpha value is 0.880. The summed E-state index contributed by atoms with van der Waals surface area (Å²) in [5.74, 6) is 0. The van der Waals surface area contributed by atoms with Crippen molar-refractivity contribution in [3.63, 3.8) is 0 Å². The SMILES string of the molecule is CCCCCCCC[N+](C)(C)CC[N+](C)(C)CCCCCCCC.[Br-].[Br-]. The second-order valence-electron chi connectivity index (χ2n) is 9.30. The van der Waals surface area contributed by atoms with Gasteiger partial charge in [-0.05, 0) is 25.7 Å². The molecule has 0 aromatic carbocycles. The van der Waals surface area contributed by atoms with Crippen LogP contribution in [0, 0.1) is 0 Å². The van der Waals surface area contributed by atoms with E-state index in [-0.39, 0.29) is 34.0 Å². The maximum absolute atomic E-state index is 2.43. The summed E-state index contributed by atoms with van der Waals surface area (Å²) in [6.45, 7) is 9.93. The molecular weight excluding hydrogens is 452 g/mol. The zero-order valence-electron chi connectivity index (χ0n) is 19.0. The van der Waals surface area contributed by atoms with E-state index in [9.17, 15) is 0 Å². The van der Waals surface area contributed by atoms with Crippen molar-refractivity contribution in [3.05, 3.63) is 0 Å². The zero-order valence-corrected chi connectivity index (χ0v) is 22.1. The number of quaternary nitrogens is 2. The van der Waals surface area contributed by atoms with E-state index in [0.717, 1.165) is 0 Å². The van der Waals surface area contributed by atoms with Gasteiger partial charge in [-0.2, -0.15) is 0 Å². The number of hydrogen-bond donors (Lipinski definition) is 0. The molecule has 0 heterocycles. The normalized spacial score (nSPS) is 11.8. The number of rotatable bonds is 17. The van der Waals surface area contributed by atoms with Crippen molar-refractivity contribution in [2.24, 2.45) is 0 Å². The van der Waals surface area contributed by atoms with Crippen molar-refractivity contribution in [3.8, 4) is 0 Å². The molecule has 0 aromatic heterocycles. The smallest absolute Gasteiger partial charge is 0.128 e. The van der Waals surface area contributed by atoms with Gasteiger partial charge in [0, 0.05) is 0 Å². The van der Waals surface area contributed by atoms with Crippen molar-refractivity contribution in [2.45, 2.75) is 90.9 Å².